The van der Waals surface area contributed by atoms with E-state index < -0.39 is 8.07 Å². The van der Waals surface area contributed by atoms with Gasteiger partial charge in [0.2, 0.25) is 0 Å². The average molecular weight is 206 g/mol. The number of hydrogen-bond acceptors (Lipinski definition) is 1. The van der Waals surface area contributed by atoms with Gasteiger partial charge in [0.1, 0.15) is 5.75 Å². The molecule has 1 aliphatic rings. The number of aromatic hydroxyl groups is 1. The lowest BCUT2D eigenvalue weighted by Crippen LogP contribution is -2.20. The molecule has 1 aromatic carbocycles. The summed E-state index contributed by atoms with van der Waals surface area (Å²) in [6.07, 6.45) is 1.36. The Kier molecular flexibility index (Phi) is 2.18. The lowest BCUT2D eigenvalue weighted by Gasteiger charge is -2.15. The normalized spacial score (nSPS) is 26.2. The maximum atomic E-state index is 9.19. The molecule has 2 rings (SSSR count). The Balaban J connectivity index is 2.10. The summed E-state index contributed by atoms with van der Waals surface area (Å²) in [6.45, 7) is 7.33. The van der Waals surface area contributed by atoms with Gasteiger partial charge in [-0.25, -0.2) is 0 Å². The third-order valence-electron chi connectivity index (χ3n) is 3.22. The molecule has 14 heavy (non-hydrogen) atoms. The maximum absolute atomic E-state index is 9.19. The van der Waals surface area contributed by atoms with Crippen molar-refractivity contribution in [2.24, 2.45) is 0 Å². The third kappa shape index (κ3) is 1.85. The third-order valence-corrected chi connectivity index (χ3v) is 6.09. The van der Waals surface area contributed by atoms with Gasteiger partial charge < -0.3 is 5.11 Å². The highest BCUT2D eigenvalue weighted by atomic mass is 28.3. The second-order valence-corrected chi connectivity index (χ2v) is 10.9. The van der Waals surface area contributed by atoms with Crippen LogP contribution in [0.25, 0.3) is 0 Å². The second-order valence-electron chi connectivity index (χ2n) is 5.41. The average Bonchev–Trinajstić information content (AvgIpc) is 2.83. The van der Waals surface area contributed by atoms with Gasteiger partial charge in [0.15, 0.2) is 0 Å². The van der Waals surface area contributed by atoms with Gasteiger partial charge in [0.25, 0.3) is 0 Å². The number of benzene rings is 1. The second kappa shape index (κ2) is 3.12. The minimum Gasteiger partial charge on any atom is -0.508 e. The van der Waals surface area contributed by atoms with Crippen molar-refractivity contribution in [1.82, 2.24) is 0 Å². The summed E-state index contributed by atoms with van der Waals surface area (Å²) in [5.41, 5.74) is 2.36. The van der Waals surface area contributed by atoms with E-state index in [1.54, 1.807) is 12.1 Å². The van der Waals surface area contributed by atoms with E-state index in [4.69, 9.17) is 0 Å². The Bertz CT molecular complexity index is 323. The standard InChI is InChI=1S/C12H18OSi/c1-14(2,3)12-8-11(12)9-4-6-10(13)7-5-9/h4-7,11-13H,8H2,1-3H3. The van der Waals surface area contributed by atoms with Crippen LogP contribution in [0, 0.1) is 0 Å². The van der Waals surface area contributed by atoms with Gasteiger partial charge in [0.05, 0.1) is 0 Å². The van der Waals surface area contributed by atoms with Gasteiger partial charge in [-0.15, -0.1) is 0 Å². The Morgan fingerprint density at radius 3 is 2.14 bits per heavy atom. The zero-order valence-electron chi connectivity index (χ0n) is 9.12. The lowest BCUT2D eigenvalue weighted by atomic mass is 10.1. The molecule has 1 fully saturated rings. The fourth-order valence-electron chi connectivity index (χ4n) is 2.24. The molecule has 2 unspecified atom stereocenters. The lowest BCUT2D eigenvalue weighted by molar-refractivity contribution is 0.475. The fraction of sp³-hybridized carbons (Fsp3) is 0.500. The van der Waals surface area contributed by atoms with Crippen LogP contribution in [-0.4, -0.2) is 13.2 Å². The van der Waals surface area contributed by atoms with Crippen LogP contribution in [0.5, 0.6) is 5.75 Å². The molecule has 0 amide bonds. The molecule has 1 aromatic rings. The smallest absolute Gasteiger partial charge is 0.115 e. The van der Waals surface area contributed by atoms with Crippen LogP contribution < -0.4 is 0 Å². The van der Waals surface area contributed by atoms with Crippen molar-refractivity contribution in [2.75, 3.05) is 0 Å². The van der Waals surface area contributed by atoms with Crippen LogP contribution in [0.4, 0.5) is 0 Å². The molecular formula is C12H18OSi. The van der Waals surface area contributed by atoms with E-state index in [1.165, 1.54) is 12.0 Å². The predicted molar refractivity (Wildman–Crippen MR) is 62.6 cm³/mol. The minimum absolute atomic E-state index is 0.374. The largest absolute Gasteiger partial charge is 0.508 e. The van der Waals surface area contributed by atoms with E-state index in [0.717, 1.165) is 11.5 Å². The summed E-state index contributed by atoms with van der Waals surface area (Å²) < 4.78 is 0. The van der Waals surface area contributed by atoms with Gasteiger partial charge in [-0.1, -0.05) is 31.8 Å². The monoisotopic (exact) mass is 206 g/mol. The van der Waals surface area contributed by atoms with Crippen molar-refractivity contribution < 1.29 is 5.11 Å². The van der Waals surface area contributed by atoms with Crippen molar-refractivity contribution in [3.63, 3.8) is 0 Å². The first-order chi connectivity index (χ1) is 6.48. The molecule has 0 spiro atoms. The topological polar surface area (TPSA) is 20.2 Å². The molecule has 1 aliphatic carbocycles. The number of phenolic OH excluding ortho intramolecular Hbond substituents is 1. The highest BCUT2D eigenvalue weighted by Gasteiger charge is 2.46. The van der Waals surface area contributed by atoms with Crippen LogP contribution in [0.15, 0.2) is 24.3 Å². The van der Waals surface area contributed by atoms with Gasteiger partial charge in [-0.05, 0) is 35.6 Å². The van der Waals surface area contributed by atoms with E-state index in [1.807, 2.05) is 0 Å². The molecule has 0 saturated heterocycles. The summed E-state index contributed by atoms with van der Waals surface area (Å²) in [5, 5.41) is 9.19. The summed E-state index contributed by atoms with van der Waals surface area (Å²) in [4.78, 5) is 0. The number of rotatable bonds is 2. The zero-order chi connectivity index (χ0) is 10.3. The molecule has 0 heterocycles. The van der Waals surface area contributed by atoms with Gasteiger partial charge in [0, 0.05) is 8.07 Å². The van der Waals surface area contributed by atoms with E-state index in [-0.39, 0.29) is 0 Å². The highest BCUT2D eigenvalue weighted by Crippen LogP contribution is 2.58. The molecule has 2 heteroatoms. The Hall–Kier alpha value is -0.763. The zero-order valence-corrected chi connectivity index (χ0v) is 10.1. The Labute approximate surface area is 86.8 Å². The molecule has 0 bridgehead atoms. The number of phenols is 1. The predicted octanol–water partition coefficient (Wildman–Crippen LogP) is 3.59. The summed E-state index contributed by atoms with van der Waals surface area (Å²) in [5.74, 6) is 1.15. The highest BCUT2D eigenvalue weighted by molar-refractivity contribution is 6.78. The van der Waals surface area contributed by atoms with Crippen LogP contribution >= 0.6 is 0 Å². The molecule has 1 nitrogen and oxygen atoms in total. The summed E-state index contributed by atoms with van der Waals surface area (Å²) in [6, 6.07) is 7.74. The first-order valence-electron chi connectivity index (χ1n) is 5.27. The molecule has 0 aliphatic heterocycles. The maximum Gasteiger partial charge on any atom is 0.115 e. The SMILES string of the molecule is C[Si](C)(C)C1CC1c1ccc(O)cc1. The van der Waals surface area contributed by atoms with Crippen LogP contribution in [0.1, 0.15) is 17.9 Å². The first-order valence-corrected chi connectivity index (χ1v) is 8.85. The Morgan fingerprint density at radius 1 is 1.14 bits per heavy atom. The Morgan fingerprint density at radius 2 is 1.71 bits per heavy atom. The van der Waals surface area contributed by atoms with Crippen LogP contribution in [-0.2, 0) is 0 Å². The van der Waals surface area contributed by atoms with Crippen LogP contribution in [0.2, 0.25) is 25.2 Å². The molecule has 2 atom stereocenters. The van der Waals surface area contributed by atoms with Crippen LogP contribution in [0.3, 0.4) is 0 Å². The molecule has 0 radical (unpaired) electrons. The quantitative estimate of drug-likeness (QED) is 0.733. The molecule has 1 N–H and O–H groups in total. The minimum atomic E-state index is -0.945. The molecular weight excluding hydrogens is 188 g/mol. The molecule has 1 saturated carbocycles. The van der Waals surface area contributed by atoms with Crippen molar-refractivity contribution in [3.8, 4) is 5.75 Å². The first kappa shape index (κ1) is 9.78. The number of hydrogen-bond donors (Lipinski definition) is 1. The summed E-state index contributed by atoms with van der Waals surface area (Å²) >= 11 is 0. The van der Waals surface area contributed by atoms with E-state index in [2.05, 4.69) is 31.8 Å². The van der Waals surface area contributed by atoms with Crippen molar-refractivity contribution >= 4 is 8.07 Å². The fourth-order valence-corrected chi connectivity index (χ4v) is 4.60. The summed E-state index contributed by atoms with van der Waals surface area (Å²) in [7, 11) is -0.945. The van der Waals surface area contributed by atoms with E-state index in [9.17, 15) is 5.11 Å². The van der Waals surface area contributed by atoms with Crippen molar-refractivity contribution in [1.29, 1.82) is 0 Å². The van der Waals surface area contributed by atoms with Crippen molar-refractivity contribution in [3.05, 3.63) is 29.8 Å². The van der Waals surface area contributed by atoms with E-state index >= 15 is 0 Å². The van der Waals surface area contributed by atoms with Gasteiger partial charge in [-0.3, -0.25) is 0 Å². The molecule has 0 aromatic heterocycles. The van der Waals surface area contributed by atoms with Crippen molar-refractivity contribution in [2.45, 2.75) is 37.5 Å². The van der Waals surface area contributed by atoms with Gasteiger partial charge in [-0.2, -0.15) is 0 Å². The molecule has 76 valence electrons. The van der Waals surface area contributed by atoms with E-state index in [0.29, 0.717) is 5.75 Å². The van der Waals surface area contributed by atoms with Gasteiger partial charge >= 0.3 is 0 Å².